The molecule has 0 aliphatic carbocycles. The molecule has 2 rings (SSSR count). The average Bonchev–Trinajstić information content (AvgIpc) is 2.83. The van der Waals surface area contributed by atoms with Crippen LogP contribution in [0.5, 0.6) is 0 Å². The summed E-state index contributed by atoms with van der Waals surface area (Å²) in [5.41, 5.74) is 1.74. The summed E-state index contributed by atoms with van der Waals surface area (Å²) in [6.07, 6.45) is 4.76. The SMILES string of the molecule is CCc1nnc(Sc2nccn2C)c(C(=O)O)c1CC. The van der Waals surface area contributed by atoms with Crippen molar-refractivity contribution >= 4 is 17.7 Å². The number of carbonyl (C=O) groups is 1. The quantitative estimate of drug-likeness (QED) is 0.909. The molecule has 0 spiro atoms. The van der Waals surface area contributed by atoms with Gasteiger partial charge in [-0.1, -0.05) is 13.8 Å². The average molecular weight is 292 g/mol. The summed E-state index contributed by atoms with van der Waals surface area (Å²) in [4.78, 5) is 15.7. The zero-order chi connectivity index (χ0) is 14.7. The smallest absolute Gasteiger partial charge is 0.338 e. The second-order valence-electron chi connectivity index (χ2n) is 4.24. The van der Waals surface area contributed by atoms with E-state index in [0.717, 1.165) is 11.3 Å². The third-order valence-corrected chi connectivity index (χ3v) is 4.05. The first-order valence-electron chi connectivity index (χ1n) is 6.35. The summed E-state index contributed by atoms with van der Waals surface area (Å²) >= 11 is 1.22. The molecular formula is C13H16N4O2S. The Kier molecular flexibility index (Phi) is 4.39. The molecular weight excluding hydrogens is 276 g/mol. The van der Waals surface area contributed by atoms with Crippen molar-refractivity contribution in [1.29, 1.82) is 0 Å². The molecule has 0 bridgehead atoms. The molecule has 7 heteroatoms. The standard InChI is InChI=1S/C13H16N4O2S/c1-4-8-9(5-2)15-16-11(10(8)12(18)19)20-13-14-6-7-17(13)3/h6-7H,4-5H2,1-3H3,(H,18,19). The second kappa shape index (κ2) is 6.04. The van der Waals surface area contributed by atoms with E-state index in [2.05, 4.69) is 15.2 Å². The van der Waals surface area contributed by atoms with Crippen molar-refractivity contribution in [2.75, 3.05) is 0 Å². The molecule has 0 unspecified atom stereocenters. The van der Waals surface area contributed by atoms with E-state index in [1.54, 1.807) is 12.4 Å². The summed E-state index contributed by atoms with van der Waals surface area (Å²) in [6.45, 7) is 3.87. The number of carboxylic acids is 1. The number of nitrogens with zero attached hydrogens (tertiary/aromatic N) is 4. The van der Waals surface area contributed by atoms with E-state index in [-0.39, 0.29) is 5.56 Å². The third kappa shape index (κ3) is 2.67. The van der Waals surface area contributed by atoms with Crippen LogP contribution in [0.1, 0.15) is 35.5 Å². The predicted molar refractivity (Wildman–Crippen MR) is 75.1 cm³/mol. The molecule has 2 aromatic heterocycles. The van der Waals surface area contributed by atoms with Gasteiger partial charge in [-0.3, -0.25) is 0 Å². The number of aromatic carboxylic acids is 1. The number of aromatic nitrogens is 4. The Morgan fingerprint density at radius 1 is 1.35 bits per heavy atom. The van der Waals surface area contributed by atoms with Crippen LogP contribution in [0.3, 0.4) is 0 Å². The molecule has 2 heterocycles. The number of carboxylic acid groups (broad SMARTS) is 1. The maximum atomic E-state index is 11.6. The van der Waals surface area contributed by atoms with Crippen molar-refractivity contribution in [3.8, 4) is 0 Å². The minimum Gasteiger partial charge on any atom is -0.478 e. The Morgan fingerprint density at radius 3 is 2.60 bits per heavy atom. The molecule has 0 fully saturated rings. The highest BCUT2D eigenvalue weighted by atomic mass is 32.2. The third-order valence-electron chi connectivity index (χ3n) is 2.99. The van der Waals surface area contributed by atoms with Crippen LogP contribution in [0.25, 0.3) is 0 Å². The minimum absolute atomic E-state index is 0.243. The Hall–Kier alpha value is -1.89. The predicted octanol–water partition coefficient (Wildman–Crippen LogP) is 2.18. The van der Waals surface area contributed by atoms with Gasteiger partial charge in [-0.15, -0.1) is 5.10 Å². The molecule has 0 atom stereocenters. The maximum absolute atomic E-state index is 11.6. The summed E-state index contributed by atoms with van der Waals surface area (Å²) in [5.74, 6) is -0.969. The molecule has 0 radical (unpaired) electrons. The van der Waals surface area contributed by atoms with Gasteiger partial charge in [0.25, 0.3) is 0 Å². The topological polar surface area (TPSA) is 80.9 Å². The summed E-state index contributed by atoms with van der Waals surface area (Å²) in [6, 6.07) is 0. The van der Waals surface area contributed by atoms with Gasteiger partial charge in [-0.2, -0.15) is 5.10 Å². The number of aryl methyl sites for hydroxylation is 2. The van der Waals surface area contributed by atoms with E-state index in [1.807, 2.05) is 25.5 Å². The normalized spacial score (nSPS) is 10.8. The second-order valence-corrected chi connectivity index (χ2v) is 5.20. The van der Waals surface area contributed by atoms with E-state index in [4.69, 9.17) is 0 Å². The van der Waals surface area contributed by atoms with E-state index in [9.17, 15) is 9.90 Å². The fraction of sp³-hybridized carbons (Fsp3) is 0.385. The van der Waals surface area contributed by atoms with Gasteiger partial charge < -0.3 is 9.67 Å². The van der Waals surface area contributed by atoms with Gasteiger partial charge in [-0.05, 0) is 30.2 Å². The number of imidazole rings is 1. The van der Waals surface area contributed by atoms with E-state index >= 15 is 0 Å². The monoisotopic (exact) mass is 292 g/mol. The maximum Gasteiger partial charge on any atom is 0.338 e. The van der Waals surface area contributed by atoms with Crippen LogP contribution in [0, 0.1) is 0 Å². The van der Waals surface area contributed by atoms with Crippen molar-refractivity contribution in [2.24, 2.45) is 7.05 Å². The van der Waals surface area contributed by atoms with Crippen molar-refractivity contribution < 1.29 is 9.90 Å². The van der Waals surface area contributed by atoms with Gasteiger partial charge in [0.1, 0.15) is 5.03 Å². The van der Waals surface area contributed by atoms with Crippen LogP contribution >= 0.6 is 11.8 Å². The van der Waals surface area contributed by atoms with Gasteiger partial charge in [-0.25, -0.2) is 9.78 Å². The summed E-state index contributed by atoms with van der Waals surface area (Å²) in [5, 5.41) is 18.8. The van der Waals surface area contributed by atoms with Crippen molar-refractivity contribution in [3.63, 3.8) is 0 Å². The largest absolute Gasteiger partial charge is 0.478 e. The molecule has 1 N–H and O–H groups in total. The van der Waals surface area contributed by atoms with Gasteiger partial charge >= 0.3 is 5.97 Å². The molecule has 2 aromatic rings. The summed E-state index contributed by atoms with van der Waals surface area (Å²) < 4.78 is 1.82. The Bertz CT molecular complexity index is 639. The van der Waals surface area contributed by atoms with Gasteiger partial charge in [0.05, 0.1) is 11.3 Å². The van der Waals surface area contributed by atoms with Crippen LogP contribution < -0.4 is 0 Å². The molecule has 0 aromatic carbocycles. The molecule has 0 amide bonds. The molecule has 0 saturated carbocycles. The van der Waals surface area contributed by atoms with E-state index in [0.29, 0.717) is 23.0 Å². The van der Waals surface area contributed by atoms with Crippen LogP contribution in [0.15, 0.2) is 22.6 Å². The highest BCUT2D eigenvalue weighted by Crippen LogP contribution is 2.29. The highest BCUT2D eigenvalue weighted by Gasteiger charge is 2.21. The Morgan fingerprint density at radius 2 is 2.10 bits per heavy atom. The van der Waals surface area contributed by atoms with Crippen LogP contribution in [-0.4, -0.2) is 30.8 Å². The lowest BCUT2D eigenvalue weighted by Crippen LogP contribution is -2.11. The van der Waals surface area contributed by atoms with Crippen molar-refractivity contribution in [2.45, 2.75) is 36.9 Å². The number of hydrogen-bond donors (Lipinski definition) is 1. The Balaban J connectivity index is 2.53. The molecule has 0 aliphatic heterocycles. The lowest BCUT2D eigenvalue weighted by atomic mass is 10.0. The highest BCUT2D eigenvalue weighted by molar-refractivity contribution is 7.99. The molecule has 20 heavy (non-hydrogen) atoms. The number of rotatable bonds is 5. The first-order valence-corrected chi connectivity index (χ1v) is 7.17. The van der Waals surface area contributed by atoms with Gasteiger partial charge in [0.15, 0.2) is 5.16 Å². The van der Waals surface area contributed by atoms with Crippen LogP contribution in [-0.2, 0) is 19.9 Å². The lowest BCUT2D eigenvalue weighted by molar-refractivity contribution is 0.0690. The molecule has 6 nitrogen and oxygen atoms in total. The van der Waals surface area contributed by atoms with Crippen molar-refractivity contribution in [1.82, 2.24) is 19.7 Å². The minimum atomic E-state index is -0.969. The van der Waals surface area contributed by atoms with E-state index < -0.39 is 5.97 Å². The van der Waals surface area contributed by atoms with E-state index in [1.165, 1.54) is 11.8 Å². The molecule has 106 valence electrons. The Labute approximate surface area is 121 Å². The molecule has 0 aliphatic rings. The van der Waals surface area contributed by atoms with Gasteiger partial charge in [0.2, 0.25) is 0 Å². The van der Waals surface area contributed by atoms with Crippen LogP contribution in [0.2, 0.25) is 0 Å². The fourth-order valence-corrected chi connectivity index (χ4v) is 2.87. The number of hydrogen-bond acceptors (Lipinski definition) is 5. The fourth-order valence-electron chi connectivity index (χ4n) is 1.98. The zero-order valence-corrected chi connectivity index (χ0v) is 12.4. The first-order chi connectivity index (χ1) is 9.58. The summed E-state index contributed by atoms with van der Waals surface area (Å²) in [7, 11) is 1.85. The van der Waals surface area contributed by atoms with Crippen LogP contribution in [0.4, 0.5) is 0 Å². The van der Waals surface area contributed by atoms with Gasteiger partial charge in [0, 0.05) is 19.4 Å². The molecule has 0 saturated heterocycles. The lowest BCUT2D eigenvalue weighted by Gasteiger charge is -2.11. The van der Waals surface area contributed by atoms with Crippen molar-refractivity contribution in [3.05, 3.63) is 29.2 Å². The zero-order valence-electron chi connectivity index (χ0n) is 11.6. The first kappa shape index (κ1) is 14.5.